The van der Waals surface area contributed by atoms with Crippen molar-refractivity contribution < 1.29 is 13.7 Å². The van der Waals surface area contributed by atoms with E-state index in [2.05, 4.69) is 23.1 Å². The summed E-state index contributed by atoms with van der Waals surface area (Å²) in [5.74, 6) is 1.95. The Morgan fingerprint density at radius 3 is 2.85 bits per heavy atom. The third-order valence-electron chi connectivity index (χ3n) is 5.74. The standard InChI is InChI=1S/C22H29NO3S/c1-17-22(26-20-7-2-3-8-21(20)27(17)24)18-9-11-19(12-10-18)25-16-6-15-23-13-4-5-14-23/h2-3,7-9,11-12,17-18,22H,4-6,10,13-16H2,1H3/t17-,18?,22+,27?/m0/s1. The fourth-order valence-electron chi connectivity index (χ4n) is 4.17. The van der Waals surface area contributed by atoms with E-state index in [0.717, 1.165) is 42.4 Å². The van der Waals surface area contributed by atoms with E-state index >= 15 is 0 Å². The lowest BCUT2D eigenvalue weighted by Gasteiger charge is -2.35. The van der Waals surface area contributed by atoms with Gasteiger partial charge in [0.25, 0.3) is 0 Å². The summed E-state index contributed by atoms with van der Waals surface area (Å²) in [6.07, 6.45) is 10.9. The van der Waals surface area contributed by atoms with E-state index in [0.29, 0.717) is 0 Å². The summed E-state index contributed by atoms with van der Waals surface area (Å²) >= 11 is 0. The fourth-order valence-corrected chi connectivity index (χ4v) is 5.59. The van der Waals surface area contributed by atoms with Crippen LogP contribution in [0.2, 0.25) is 0 Å². The molecule has 0 spiro atoms. The molecule has 1 aromatic carbocycles. The molecule has 0 N–H and O–H groups in total. The van der Waals surface area contributed by atoms with Crippen LogP contribution in [0.1, 0.15) is 32.6 Å². The second kappa shape index (κ2) is 8.61. The Hall–Kier alpha value is -1.59. The van der Waals surface area contributed by atoms with Gasteiger partial charge in [0.1, 0.15) is 17.6 Å². The van der Waals surface area contributed by atoms with Crippen LogP contribution in [-0.4, -0.2) is 46.7 Å². The zero-order valence-electron chi connectivity index (χ0n) is 16.0. The minimum atomic E-state index is -1.02. The van der Waals surface area contributed by atoms with Crippen molar-refractivity contribution in [1.82, 2.24) is 4.90 Å². The summed E-state index contributed by atoms with van der Waals surface area (Å²) in [4.78, 5) is 3.34. The van der Waals surface area contributed by atoms with Crippen LogP contribution in [0, 0.1) is 5.92 Å². The molecule has 4 rings (SSSR count). The Labute approximate surface area is 164 Å². The van der Waals surface area contributed by atoms with Crippen LogP contribution in [0.4, 0.5) is 0 Å². The Morgan fingerprint density at radius 2 is 2.07 bits per heavy atom. The minimum Gasteiger partial charge on any atom is -0.494 e. The van der Waals surface area contributed by atoms with E-state index in [4.69, 9.17) is 9.47 Å². The Bertz CT molecular complexity index is 739. The summed E-state index contributed by atoms with van der Waals surface area (Å²) in [5, 5.41) is -0.0223. The van der Waals surface area contributed by atoms with E-state index in [1.807, 2.05) is 31.2 Å². The van der Waals surface area contributed by atoms with Crippen molar-refractivity contribution in [2.45, 2.75) is 48.9 Å². The smallest absolute Gasteiger partial charge is 0.135 e. The van der Waals surface area contributed by atoms with Crippen LogP contribution in [0.5, 0.6) is 5.75 Å². The fraction of sp³-hybridized carbons (Fsp3) is 0.545. The lowest BCUT2D eigenvalue weighted by Crippen LogP contribution is -2.42. The monoisotopic (exact) mass is 387 g/mol. The SMILES string of the molecule is C[C@H]1[C@H](C2C=CC(OCCCN3CCCC3)=CC2)Oc2ccccc2S1=O. The summed E-state index contributed by atoms with van der Waals surface area (Å²) in [7, 11) is -1.02. The Morgan fingerprint density at radius 1 is 1.26 bits per heavy atom. The third-order valence-corrected chi connectivity index (χ3v) is 7.45. The second-order valence-electron chi connectivity index (χ2n) is 7.65. The molecule has 1 fully saturated rings. The predicted octanol–water partition coefficient (Wildman–Crippen LogP) is 3.91. The first-order valence-corrected chi connectivity index (χ1v) is 11.3. The average Bonchev–Trinajstić information content (AvgIpc) is 3.22. The van der Waals surface area contributed by atoms with Crippen molar-refractivity contribution >= 4 is 10.8 Å². The number of hydrogen-bond donors (Lipinski definition) is 0. The van der Waals surface area contributed by atoms with Gasteiger partial charge in [0.05, 0.1) is 27.6 Å². The number of ether oxygens (including phenoxy) is 2. The maximum absolute atomic E-state index is 12.8. The molecule has 1 aliphatic carbocycles. The summed E-state index contributed by atoms with van der Waals surface area (Å²) in [5.41, 5.74) is 0. The van der Waals surface area contributed by atoms with E-state index in [1.54, 1.807) is 0 Å². The maximum Gasteiger partial charge on any atom is 0.135 e. The average molecular weight is 388 g/mol. The molecule has 4 nitrogen and oxygen atoms in total. The van der Waals surface area contributed by atoms with Gasteiger partial charge in [0.15, 0.2) is 0 Å². The molecular formula is C22H29NO3S. The minimum absolute atomic E-state index is 0.0223. The van der Waals surface area contributed by atoms with Gasteiger partial charge in [-0.25, -0.2) is 0 Å². The van der Waals surface area contributed by atoms with E-state index in [-0.39, 0.29) is 17.3 Å². The zero-order valence-corrected chi connectivity index (χ0v) is 16.8. The highest BCUT2D eigenvalue weighted by molar-refractivity contribution is 7.85. The van der Waals surface area contributed by atoms with Crippen LogP contribution in [-0.2, 0) is 15.5 Å². The molecule has 146 valence electrons. The van der Waals surface area contributed by atoms with Gasteiger partial charge < -0.3 is 14.4 Å². The van der Waals surface area contributed by atoms with Gasteiger partial charge in [-0.2, -0.15) is 0 Å². The van der Waals surface area contributed by atoms with Crippen molar-refractivity contribution in [2.75, 3.05) is 26.2 Å². The van der Waals surface area contributed by atoms with E-state index < -0.39 is 10.8 Å². The van der Waals surface area contributed by atoms with Gasteiger partial charge in [-0.3, -0.25) is 4.21 Å². The van der Waals surface area contributed by atoms with Crippen LogP contribution in [0.3, 0.4) is 0 Å². The van der Waals surface area contributed by atoms with Crippen molar-refractivity contribution in [3.63, 3.8) is 0 Å². The topological polar surface area (TPSA) is 38.8 Å². The van der Waals surface area contributed by atoms with Gasteiger partial charge >= 0.3 is 0 Å². The molecule has 0 bridgehead atoms. The number of nitrogens with zero attached hydrogens (tertiary/aromatic N) is 1. The predicted molar refractivity (Wildman–Crippen MR) is 108 cm³/mol. The highest BCUT2D eigenvalue weighted by atomic mass is 32.2. The van der Waals surface area contributed by atoms with Gasteiger partial charge in [0, 0.05) is 12.5 Å². The number of hydrogen-bond acceptors (Lipinski definition) is 4. The third kappa shape index (κ3) is 4.30. The van der Waals surface area contributed by atoms with Crippen molar-refractivity contribution in [1.29, 1.82) is 0 Å². The largest absolute Gasteiger partial charge is 0.494 e. The van der Waals surface area contributed by atoms with Crippen LogP contribution >= 0.6 is 0 Å². The van der Waals surface area contributed by atoms with Gasteiger partial charge in [-0.15, -0.1) is 0 Å². The molecule has 5 heteroatoms. The number of benzene rings is 1. The molecule has 1 saturated heterocycles. The molecule has 4 atom stereocenters. The molecule has 3 aliphatic rings. The second-order valence-corrected chi connectivity index (χ2v) is 9.43. The molecule has 0 saturated carbocycles. The summed E-state index contributed by atoms with van der Waals surface area (Å²) < 4.78 is 24.9. The summed E-state index contributed by atoms with van der Waals surface area (Å²) in [6, 6.07) is 7.68. The molecule has 27 heavy (non-hydrogen) atoms. The van der Waals surface area contributed by atoms with Crippen molar-refractivity contribution in [3.8, 4) is 5.75 Å². The first-order chi connectivity index (χ1) is 13.2. The van der Waals surface area contributed by atoms with Gasteiger partial charge in [0.2, 0.25) is 0 Å². The molecule has 0 radical (unpaired) electrons. The van der Waals surface area contributed by atoms with Crippen LogP contribution < -0.4 is 4.74 Å². The first kappa shape index (κ1) is 18.8. The number of para-hydroxylation sites is 1. The number of fused-ring (bicyclic) bond motifs is 1. The van der Waals surface area contributed by atoms with Crippen LogP contribution in [0.25, 0.3) is 0 Å². The number of likely N-dealkylation sites (tertiary alicyclic amines) is 1. The molecular weight excluding hydrogens is 358 g/mol. The highest BCUT2D eigenvalue weighted by Crippen LogP contribution is 2.36. The molecule has 2 unspecified atom stereocenters. The van der Waals surface area contributed by atoms with Gasteiger partial charge in [-0.05, 0) is 70.0 Å². The lowest BCUT2D eigenvalue weighted by molar-refractivity contribution is 0.142. The van der Waals surface area contributed by atoms with Crippen LogP contribution in [0.15, 0.2) is 53.1 Å². The zero-order chi connectivity index (χ0) is 18.6. The lowest BCUT2D eigenvalue weighted by atomic mass is 9.92. The van der Waals surface area contributed by atoms with Gasteiger partial charge in [-0.1, -0.05) is 18.2 Å². The van der Waals surface area contributed by atoms with E-state index in [1.165, 1.54) is 25.9 Å². The van der Waals surface area contributed by atoms with E-state index in [9.17, 15) is 4.21 Å². The maximum atomic E-state index is 12.8. The van der Waals surface area contributed by atoms with Crippen molar-refractivity contribution in [2.24, 2.45) is 5.92 Å². The Kier molecular flexibility index (Phi) is 5.98. The highest BCUT2D eigenvalue weighted by Gasteiger charge is 2.37. The first-order valence-electron chi connectivity index (χ1n) is 10.1. The number of allylic oxidation sites excluding steroid dienone is 2. The molecule has 2 heterocycles. The van der Waals surface area contributed by atoms with Crippen molar-refractivity contribution in [3.05, 3.63) is 48.3 Å². The molecule has 0 aromatic heterocycles. The number of rotatable bonds is 6. The Balaban J connectivity index is 1.28. The molecule has 1 aromatic rings. The molecule has 2 aliphatic heterocycles. The summed E-state index contributed by atoms with van der Waals surface area (Å²) in [6.45, 7) is 6.42. The molecule has 0 amide bonds. The normalized spacial score (nSPS) is 30.5. The quantitative estimate of drug-likeness (QED) is 0.694.